The fourth-order valence-corrected chi connectivity index (χ4v) is 5.25. The molecule has 0 saturated carbocycles. The summed E-state index contributed by atoms with van der Waals surface area (Å²) in [7, 11) is 0. The molecule has 0 spiro atoms. The van der Waals surface area contributed by atoms with Gasteiger partial charge < -0.3 is 25.2 Å². The van der Waals surface area contributed by atoms with Gasteiger partial charge in [0.15, 0.2) is 0 Å². The van der Waals surface area contributed by atoms with Crippen LogP contribution in [0.5, 0.6) is 5.75 Å². The molecule has 9 nitrogen and oxygen atoms in total. The summed E-state index contributed by atoms with van der Waals surface area (Å²) in [6.45, 7) is 2.00. The molecule has 1 saturated heterocycles. The lowest BCUT2D eigenvalue weighted by Crippen LogP contribution is -2.52. The lowest BCUT2D eigenvalue weighted by molar-refractivity contribution is -0.274. The number of carboxylic acid groups (broad SMARTS) is 2. The van der Waals surface area contributed by atoms with Crippen LogP contribution in [0.2, 0.25) is 0 Å². The number of hydrogen-bond acceptors (Lipinski definition) is 5. The maximum Gasteiger partial charge on any atom is 0.573 e. The normalized spacial score (nSPS) is 17.4. The Kier molecular flexibility index (Phi) is 10.0. The van der Waals surface area contributed by atoms with Crippen molar-refractivity contribution in [2.75, 3.05) is 18.4 Å². The molecular formula is C31H30F3N3O6. The van der Waals surface area contributed by atoms with Crippen molar-refractivity contribution in [3.05, 3.63) is 108 Å². The van der Waals surface area contributed by atoms with E-state index >= 15 is 0 Å². The second-order valence-electron chi connectivity index (χ2n) is 9.95. The molecule has 0 radical (unpaired) electrons. The predicted octanol–water partition coefficient (Wildman–Crippen LogP) is 5.90. The van der Waals surface area contributed by atoms with Gasteiger partial charge in [-0.15, -0.1) is 13.2 Å². The van der Waals surface area contributed by atoms with E-state index < -0.39 is 18.3 Å². The standard InChI is InChI=1S/C27H26F3N3O2.C4H4O4/c28-27(29,30)35-22-10-6-7-19(17-22)18-32-15-13-21(14-16-32)33-25(20-8-2-1-3-9-20)23-11-4-5-12-24(23)31-26(33)34;5-3(6)1-2-4(7)8/h1-12,17,21,25H,13-16,18H2,(H,31,34);1-2H,(H,5,6)(H,7,8)/b;2-1+/t25-;/m0./s1. The summed E-state index contributed by atoms with van der Waals surface area (Å²) in [5, 5.41) is 18.7. The number of aliphatic carboxylic acids is 2. The predicted molar refractivity (Wildman–Crippen MR) is 151 cm³/mol. The van der Waals surface area contributed by atoms with Gasteiger partial charge in [-0.25, -0.2) is 14.4 Å². The van der Waals surface area contributed by atoms with Crippen LogP contribution in [-0.4, -0.2) is 63.5 Å². The second-order valence-corrected chi connectivity index (χ2v) is 9.95. The average Bonchev–Trinajstić information content (AvgIpc) is 2.96. The molecule has 3 aromatic carbocycles. The molecule has 43 heavy (non-hydrogen) atoms. The van der Waals surface area contributed by atoms with Crippen LogP contribution in [0.1, 0.15) is 35.6 Å². The first-order valence-corrected chi connectivity index (χ1v) is 13.4. The minimum atomic E-state index is -4.71. The zero-order valence-electron chi connectivity index (χ0n) is 22.9. The Labute approximate surface area is 245 Å². The summed E-state index contributed by atoms with van der Waals surface area (Å²) < 4.78 is 41.7. The third-order valence-electron chi connectivity index (χ3n) is 6.98. The van der Waals surface area contributed by atoms with Crippen molar-refractivity contribution >= 4 is 23.7 Å². The molecule has 226 valence electrons. The quantitative estimate of drug-likeness (QED) is 0.290. The number of benzene rings is 3. The molecular weight excluding hydrogens is 567 g/mol. The number of rotatable bonds is 7. The van der Waals surface area contributed by atoms with Crippen LogP contribution in [0, 0.1) is 0 Å². The van der Waals surface area contributed by atoms with Gasteiger partial charge in [-0.05, 0) is 42.2 Å². The third kappa shape index (κ3) is 8.82. The highest BCUT2D eigenvalue weighted by Crippen LogP contribution is 2.40. The van der Waals surface area contributed by atoms with Gasteiger partial charge in [0.2, 0.25) is 0 Å². The number of amides is 2. The van der Waals surface area contributed by atoms with E-state index in [0.717, 1.165) is 48.3 Å². The minimum Gasteiger partial charge on any atom is -0.478 e. The van der Waals surface area contributed by atoms with Crippen LogP contribution in [0.15, 0.2) is 91.0 Å². The Hall–Kier alpha value is -4.84. The molecule has 0 aliphatic carbocycles. The smallest absolute Gasteiger partial charge is 0.478 e. The van der Waals surface area contributed by atoms with Crippen molar-refractivity contribution in [2.24, 2.45) is 0 Å². The highest BCUT2D eigenvalue weighted by Gasteiger charge is 2.39. The number of alkyl halides is 3. The number of halogens is 3. The first kappa shape index (κ1) is 31.1. The van der Waals surface area contributed by atoms with Crippen molar-refractivity contribution in [2.45, 2.75) is 37.8 Å². The van der Waals surface area contributed by atoms with Crippen LogP contribution in [0.25, 0.3) is 0 Å². The summed E-state index contributed by atoms with van der Waals surface area (Å²) >= 11 is 0. The van der Waals surface area contributed by atoms with Gasteiger partial charge in [0.1, 0.15) is 5.75 Å². The highest BCUT2D eigenvalue weighted by atomic mass is 19.4. The molecule has 3 N–H and O–H groups in total. The van der Waals surface area contributed by atoms with Gasteiger partial charge in [0.25, 0.3) is 0 Å². The van der Waals surface area contributed by atoms with Crippen molar-refractivity contribution in [1.82, 2.24) is 9.80 Å². The molecule has 1 atom stereocenters. The Morgan fingerprint density at radius 3 is 2.16 bits per heavy atom. The number of carbonyl (C=O) groups is 3. The summed E-state index contributed by atoms with van der Waals surface area (Å²) in [4.78, 5) is 36.5. The molecule has 3 aromatic rings. The van der Waals surface area contributed by atoms with Gasteiger partial charge >= 0.3 is 24.3 Å². The maximum atomic E-state index is 13.3. The minimum absolute atomic E-state index is 0.0460. The Morgan fingerprint density at radius 2 is 1.53 bits per heavy atom. The number of nitrogens with one attached hydrogen (secondary N) is 1. The maximum absolute atomic E-state index is 13.3. The van der Waals surface area contributed by atoms with Crippen LogP contribution >= 0.6 is 0 Å². The van der Waals surface area contributed by atoms with E-state index in [-0.39, 0.29) is 23.9 Å². The number of hydrogen-bond donors (Lipinski definition) is 3. The van der Waals surface area contributed by atoms with E-state index in [1.165, 1.54) is 12.1 Å². The number of para-hydroxylation sites is 1. The molecule has 2 aliphatic rings. The summed E-state index contributed by atoms with van der Waals surface area (Å²) in [5.41, 5.74) is 3.74. The van der Waals surface area contributed by atoms with Gasteiger partial charge in [-0.1, -0.05) is 60.7 Å². The molecule has 2 amide bonds. The van der Waals surface area contributed by atoms with Gasteiger partial charge in [0.05, 0.1) is 6.04 Å². The Morgan fingerprint density at radius 1 is 0.907 bits per heavy atom. The lowest BCUT2D eigenvalue weighted by Gasteiger charge is -2.45. The number of carbonyl (C=O) groups excluding carboxylic acids is 1. The molecule has 0 bridgehead atoms. The highest BCUT2D eigenvalue weighted by molar-refractivity contribution is 5.94. The fourth-order valence-electron chi connectivity index (χ4n) is 5.25. The van der Waals surface area contributed by atoms with E-state index in [9.17, 15) is 27.6 Å². The van der Waals surface area contributed by atoms with Crippen LogP contribution < -0.4 is 10.1 Å². The number of fused-ring (bicyclic) bond motifs is 1. The van der Waals surface area contributed by atoms with Gasteiger partial charge in [-0.2, -0.15) is 0 Å². The number of nitrogens with zero attached hydrogens (tertiary/aromatic N) is 2. The first-order chi connectivity index (χ1) is 20.5. The van der Waals surface area contributed by atoms with E-state index in [1.54, 1.807) is 12.1 Å². The average molecular weight is 598 g/mol. The number of urea groups is 1. The summed E-state index contributed by atoms with van der Waals surface area (Å²) in [6.07, 6.45) is -2.04. The Balaban J connectivity index is 0.000000467. The van der Waals surface area contributed by atoms with E-state index in [1.807, 2.05) is 41.3 Å². The fraction of sp³-hybridized carbons (Fsp3) is 0.258. The topological polar surface area (TPSA) is 119 Å². The van der Waals surface area contributed by atoms with Crippen LogP contribution in [-0.2, 0) is 16.1 Å². The van der Waals surface area contributed by atoms with Crippen molar-refractivity contribution in [1.29, 1.82) is 0 Å². The first-order valence-electron chi connectivity index (χ1n) is 13.4. The number of anilines is 1. The van der Waals surface area contributed by atoms with E-state index in [0.29, 0.717) is 18.7 Å². The molecule has 12 heteroatoms. The third-order valence-corrected chi connectivity index (χ3v) is 6.98. The molecule has 2 aliphatic heterocycles. The molecule has 2 heterocycles. The molecule has 0 aromatic heterocycles. The summed E-state index contributed by atoms with van der Waals surface area (Å²) in [5.74, 6) is -2.72. The van der Waals surface area contributed by atoms with Crippen LogP contribution in [0.4, 0.5) is 23.7 Å². The molecule has 1 fully saturated rings. The number of piperidine rings is 1. The van der Waals surface area contributed by atoms with Gasteiger partial charge in [-0.3, -0.25) is 4.90 Å². The SMILES string of the molecule is O=C(O)/C=C/C(=O)O.O=C1Nc2ccccc2[C@H](c2ccccc2)N1C1CCN(Cc2cccc(OC(F)(F)F)c2)CC1. The number of likely N-dealkylation sites (tertiary alicyclic amines) is 1. The van der Waals surface area contributed by atoms with E-state index in [2.05, 4.69) is 33.2 Å². The Bertz CT molecular complexity index is 1440. The molecule has 0 unspecified atom stereocenters. The van der Waals surface area contributed by atoms with Crippen molar-refractivity contribution in [3.63, 3.8) is 0 Å². The van der Waals surface area contributed by atoms with Crippen LogP contribution in [0.3, 0.4) is 0 Å². The molecule has 5 rings (SSSR count). The lowest BCUT2D eigenvalue weighted by atomic mass is 9.90. The van der Waals surface area contributed by atoms with E-state index in [4.69, 9.17) is 10.2 Å². The zero-order valence-corrected chi connectivity index (χ0v) is 22.9. The van der Waals surface area contributed by atoms with Crippen molar-refractivity contribution in [3.8, 4) is 5.75 Å². The zero-order chi connectivity index (χ0) is 31.0. The number of carboxylic acids is 2. The van der Waals surface area contributed by atoms with Gasteiger partial charge in [0, 0.05) is 49.1 Å². The largest absolute Gasteiger partial charge is 0.573 e. The van der Waals surface area contributed by atoms with Crippen molar-refractivity contribution < 1.29 is 42.5 Å². The second kappa shape index (κ2) is 13.9. The number of ether oxygens (including phenoxy) is 1. The monoisotopic (exact) mass is 597 g/mol. The summed E-state index contributed by atoms with van der Waals surface area (Å²) in [6, 6.07) is 23.8.